The van der Waals surface area contributed by atoms with Gasteiger partial charge in [0.15, 0.2) is 0 Å². The Morgan fingerprint density at radius 1 is 1.18 bits per heavy atom. The quantitative estimate of drug-likeness (QED) is 0.652. The summed E-state index contributed by atoms with van der Waals surface area (Å²) in [6, 6.07) is 14.2. The molecule has 1 saturated heterocycles. The molecule has 0 spiro atoms. The van der Waals surface area contributed by atoms with Gasteiger partial charge in [-0.05, 0) is 43.2 Å². The van der Waals surface area contributed by atoms with Gasteiger partial charge in [-0.3, -0.25) is 9.59 Å². The first kappa shape index (κ1) is 19.7. The molecule has 7 nitrogen and oxygen atoms in total. The Kier molecular flexibility index (Phi) is 6.86. The van der Waals surface area contributed by atoms with Crippen molar-refractivity contribution < 1.29 is 19.1 Å². The van der Waals surface area contributed by atoms with Gasteiger partial charge in [0.2, 0.25) is 5.91 Å². The molecule has 1 heterocycles. The molecule has 2 amide bonds. The molecule has 1 unspecified atom stereocenters. The first-order chi connectivity index (χ1) is 13.7. The topological polar surface area (TPSA) is 88.7 Å². The van der Waals surface area contributed by atoms with E-state index >= 15 is 0 Å². The molecule has 1 aliphatic rings. The monoisotopic (exact) mass is 383 g/mol. The van der Waals surface area contributed by atoms with E-state index in [1.165, 1.54) is 0 Å². The fourth-order valence-electron chi connectivity index (χ4n) is 3.02. The lowest BCUT2D eigenvalue weighted by Gasteiger charge is -2.12. The molecule has 1 aliphatic heterocycles. The van der Waals surface area contributed by atoms with Crippen LogP contribution in [0.25, 0.3) is 0 Å². The third-order valence-electron chi connectivity index (χ3n) is 4.47. The number of hydrogen-bond donors (Lipinski definition) is 3. The number of hydrogen-bond acceptors (Lipinski definition) is 5. The Balaban J connectivity index is 1.51. The van der Waals surface area contributed by atoms with Gasteiger partial charge >= 0.3 is 0 Å². The van der Waals surface area contributed by atoms with Gasteiger partial charge in [-0.15, -0.1) is 0 Å². The highest BCUT2D eigenvalue weighted by molar-refractivity contribution is 5.98. The van der Waals surface area contributed by atoms with Crippen molar-refractivity contribution in [3.63, 3.8) is 0 Å². The van der Waals surface area contributed by atoms with Crippen LogP contribution in [-0.4, -0.2) is 44.7 Å². The third-order valence-corrected chi connectivity index (χ3v) is 4.47. The van der Waals surface area contributed by atoms with Crippen LogP contribution in [0.3, 0.4) is 0 Å². The van der Waals surface area contributed by atoms with Crippen LogP contribution < -0.4 is 20.7 Å². The minimum absolute atomic E-state index is 0.0792. The molecule has 3 N–H and O–H groups in total. The van der Waals surface area contributed by atoms with Crippen molar-refractivity contribution in [3.05, 3.63) is 54.1 Å². The van der Waals surface area contributed by atoms with Gasteiger partial charge in [0.25, 0.3) is 5.91 Å². The molecule has 1 atom stereocenters. The molecular weight excluding hydrogens is 358 g/mol. The number of ether oxygens (including phenoxy) is 2. The van der Waals surface area contributed by atoms with Crippen molar-refractivity contribution in [2.24, 2.45) is 0 Å². The Hall–Kier alpha value is -3.06. The van der Waals surface area contributed by atoms with Crippen LogP contribution >= 0.6 is 0 Å². The van der Waals surface area contributed by atoms with E-state index in [0.29, 0.717) is 23.5 Å². The van der Waals surface area contributed by atoms with E-state index in [2.05, 4.69) is 16.0 Å². The second-order valence-corrected chi connectivity index (χ2v) is 6.53. The highest BCUT2D eigenvalue weighted by Crippen LogP contribution is 2.22. The van der Waals surface area contributed by atoms with Gasteiger partial charge in [-0.2, -0.15) is 0 Å². The number of carbonyl (C=O) groups is 2. The predicted molar refractivity (Wildman–Crippen MR) is 108 cm³/mol. The summed E-state index contributed by atoms with van der Waals surface area (Å²) >= 11 is 0. The number of carbonyl (C=O) groups excluding carboxylic acids is 2. The first-order valence-corrected chi connectivity index (χ1v) is 9.32. The number of amides is 2. The van der Waals surface area contributed by atoms with Gasteiger partial charge in [0, 0.05) is 24.4 Å². The molecule has 0 saturated carbocycles. The van der Waals surface area contributed by atoms with Crippen molar-refractivity contribution in [1.29, 1.82) is 0 Å². The molecule has 7 heteroatoms. The zero-order chi connectivity index (χ0) is 19.8. The van der Waals surface area contributed by atoms with E-state index < -0.39 is 0 Å². The fourth-order valence-corrected chi connectivity index (χ4v) is 3.02. The largest absolute Gasteiger partial charge is 0.495 e. The lowest BCUT2D eigenvalue weighted by molar-refractivity contribution is -0.114. The van der Waals surface area contributed by atoms with Crippen molar-refractivity contribution >= 4 is 23.2 Å². The van der Waals surface area contributed by atoms with Crippen LogP contribution in [0.5, 0.6) is 5.75 Å². The van der Waals surface area contributed by atoms with Gasteiger partial charge < -0.3 is 25.4 Å². The maximum absolute atomic E-state index is 12.3. The lowest BCUT2D eigenvalue weighted by atomic mass is 10.1. The zero-order valence-corrected chi connectivity index (χ0v) is 15.9. The second-order valence-electron chi connectivity index (χ2n) is 6.53. The SMILES string of the molecule is COc1ccccc1NCC(=O)Nc1cccc(C(=O)NCC2CCCO2)c1. The van der Waals surface area contributed by atoms with E-state index in [4.69, 9.17) is 9.47 Å². The molecule has 3 rings (SSSR count). The summed E-state index contributed by atoms with van der Waals surface area (Å²) in [5.74, 6) is 0.266. The van der Waals surface area contributed by atoms with Crippen molar-refractivity contribution in [2.75, 3.05) is 37.4 Å². The maximum Gasteiger partial charge on any atom is 0.251 e. The molecular formula is C21H25N3O4. The molecule has 0 bridgehead atoms. The van der Waals surface area contributed by atoms with E-state index in [0.717, 1.165) is 25.1 Å². The summed E-state index contributed by atoms with van der Waals surface area (Å²) in [6.45, 7) is 1.33. The Labute approximate surface area is 164 Å². The van der Waals surface area contributed by atoms with E-state index in [1.54, 1.807) is 31.4 Å². The lowest BCUT2D eigenvalue weighted by Crippen LogP contribution is -2.31. The van der Waals surface area contributed by atoms with Crippen LogP contribution in [0, 0.1) is 0 Å². The van der Waals surface area contributed by atoms with Crippen molar-refractivity contribution in [3.8, 4) is 5.75 Å². The van der Waals surface area contributed by atoms with Gasteiger partial charge in [-0.1, -0.05) is 18.2 Å². The minimum Gasteiger partial charge on any atom is -0.495 e. The number of para-hydroxylation sites is 2. The highest BCUT2D eigenvalue weighted by atomic mass is 16.5. The predicted octanol–water partition coefficient (Wildman–Crippen LogP) is 2.65. The molecule has 0 aromatic heterocycles. The van der Waals surface area contributed by atoms with Crippen LogP contribution in [-0.2, 0) is 9.53 Å². The highest BCUT2D eigenvalue weighted by Gasteiger charge is 2.17. The number of benzene rings is 2. The van der Waals surface area contributed by atoms with Crippen molar-refractivity contribution in [2.45, 2.75) is 18.9 Å². The van der Waals surface area contributed by atoms with Gasteiger partial charge in [0.1, 0.15) is 5.75 Å². The normalized spacial score (nSPS) is 15.7. The molecule has 2 aromatic rings. The number of rotatable bonds is 8. The molecule has 28 heavy (non-hydrogen) atoms. The number of nitrogens with one attached hydrogen (secondary N) is 3. The summed E-state index contributed by atoms with van der Waals surface area (Å²) in [5, 5.41) is 8.72. The Bertz CT molecular complexity index is 819. The molecule has 0 aliphatic carbocycles. The zero-order valence-electron chi connectivity index (χ0n) is 15.9. The second kappa shape index (κ2) is 9.75. The van der Waals surface area contributed by atoms with E-state index in [-0.39, 0.29) is 24.5 Å². The summed E-state index contributed by atoms with van der Waals surface area (Å²) in [7, 11) is 1.58. The van der Waals surface area contributed by atoms with Crippen LogP contribution in [0.4, 0.5) is 11.4 Å². The van der Waals surface area contributed by atoms with Crippen molar-refractivity contribution in [1.82, 2.24) is 5.32 Å². The fraction of sp³-hybridized carbons (Fsp3) is 0.333. The number of anilines is 2. The minimum atomic E-state index is -0.220. The van der Waals surface area contributed by atoms with Gasteiger partial charge in [-0.25, -0.2) is 0 Å². The summed E-state index contributed by atoms with van der Waals surface area (Å²) < 4.78 is 10.8. The van der Waals surface area contributed by atoms with Gasteiger partial charge in [0.05, 0.1) is 25.4 Å². The maximum atomic E-state index is 12.3. The molecule has 1 fully saturated rings. The number of methoxy groups -OCH3 is 1. The smallest absolute Gasteiger partial charge is 0.251 e. The molecule has 2 aromatic carbocycles. The summed E-state index contributed by atoms with van der Waals surface area (Å²) in [5.41, 5.74) is 1.80. The van der Waals surface area contributed by atoms with E-state index in [9.17, 15) is 9.59 Å². The average molecular weight is 383 g/mol. The summed E-state index contributed by atoms with van der Waals surface area (Å²) in [4.78, 5) is 24.5. The molecule has 0 radical (unpaired) electrons. The Morgan fingerprint density at radius 3 is 2.82 bits per heavy atom. The van der Waals surface area contributed by atoms with Crippen LogP contribution in [0.2, 0.25) is 0 Å². The molecule has 148 valence electrons. The van der Waals surface area contributed by atoms with Crippen LogP contribution in [0.1, 0.15) is 23.2 Å². The standard InChI is InChI=1S/C21H25N3O4/c1-27-19-10-3-2-9-18(19)22-14-20(25)24-16-7-4-6-15(12-16)21(26)23-13-17-8-5-11-28-17/h2-4,6-7,9-10,12,17,22H,5,8,11,13-14H2,1H3,(H,23,26)(H,24,25). The first-order valence-electron chi connectivity index (χ1n) is 9.32. The summed E-state index contributed by atoms with van der Waals surface area (Å²) in [6.07, 6.45) is 2.09. The van der Waals surface area contributed by atoms with Crippen LogP contribution in [0.15, 0.2) is 48.5 Å². The third kappa shape index (κ3) is 5.47. The Morgan fingerprint density at radius 2 is 2.04 bits per heavy atom. The average Bonchev–Trinajstić information content (AvgIpc) is 3.24. The van der Waals surface area contributed by atoms with E-state index in [1.807, 2.05) is 24.3 Å².